The molecule has 2 nitrogen and oxygen atoms in total. The molecule has 3 rings (SSSR count). The van der Waals surface area contributed by atoms with E-state index in [0.29, 0.717) is 0 Å². The summed E-state index contributed by atoms with van der Waals surface area (Å²) in [5.74, 6) is 1.01. The molecule has 2 atom stereocenters. The second kappa shape index (κ2) is 4.00. The van der Waals surface area contributed by atoms with Crippen molar-refractivity contribution in [3.05, 3.63) is 42.2 Å². The van der Waals surface area contributed by atoms with Gasteiger partial charge in [0.15, 0.2) is 0 Å². The molecule has 0 spiro atoms. The van der Waals surface area contributed by atoms with Gasteiger partial charge in [-0.05, 0) is 17.6 Å². The Bertz CT molecular complexity index is 551. The van der Waals surface area contributed by atoms with Crippen LogP contribution in [-0.2, 0) is 5.60 Å². The maximum absolute atomic E-state index is 10.9. The van der Waals surface area contributed by atoms with Crippen LogP contribution in [-0.4, -0.2) is 21.1 Å². The van der Waals surface area contributed by atoms with E-state index in [9.17, 15) is 5.11 Å². The lowest BCUT2D eigenvalue weighted by molar-refractivity contribution is 0.0439. The lowest BCUT2D eigenvalue weighted by Crippen LogP contribution is -2.31. The highest BCUT2D eigenvalue weighted by atomic mass is 32.2. The second-order valence-corrected chi connectivity index (χ2v) is 6.04. The molecule has 1 aromatic heterocycles. The molecule has 1 saturated heterocycles. The Kier molecular flexibility index (Phi) is 2.60. The molecule has 0 aliphatic carbocycles. The summed E-state index contributed by atoms with van der Waals surface area (Å²) in [5.41, 5.74) is 0.256. The van der Waals surface area contributed by atoms with Crippen molar-refractivity contribution >= 4 is 22.5 Å². The fourth-order valence-electron chi connectivity index (χ4n) is 2.55. The van der Waals surface area contributed by atoms with Gasteiger partial charge in [-0.25, -0.2) is 0 Å². The number of benzene rings is 1. The number of aliphatic hydroxyl groups is 1. The van der Waals surface area contributed by atoms with E-state index in [4.69, 9.17) is 0 Å². The second-order valence-electron chi connectivity index (χ2n) is 4.60. The molecular formula is C14H15NOS. The molecule has 2 unspecified atom stereocenters. The molecule has 1 fully saturated rings. The van der Waals surface area contributed by atoms with Crippen LogP contribution in [0.2, 0.25) is 0 Å². The molecule has 1 N–H and O–H groups in total. The van der Waals surface area contributed by atoms with Crippen LogP contribution in [0.15, 0.2) is 36.7 Å². The average molecular weight is 245 g/mol. The van der Waals surface area contributed by atoms with Crippen LogP contribution in [0.3, 0.4) is 0 Å². The summed E-state index contributed by atoms with van der Waals surface area (Å²) in [5, 5.41) is 13.3. The van der Waals surface area contributed by atoms with Crippen LogP contribution in [0.4, 0.5) is 0 Å². The summed E-state index contributed by atoms with van der Waals surface area (Å²) in [7, 11) is 0. The van der Waals surface area contributed by atoms with Crippen molar-refractivity contribution in [3.63, 3.8) is 0 Å². The minimum absolute atomic E-state index is 0.232. The van der Waals surface area contributed by atoms with Crippen LogP contribution in [0.1, 0.15) is 18.9 Å². The highest BCUT2D eigenvalue weighted by Crippen LogP contribution is 2.44. The van der Waals surface area contributed by atoms with Crippen molar-refractivity contribution in [1.29, 1.82) is 0 Å². The summed E-state index contributed by atoms with van der Waals surface area (Å²) in [6.07, 6.45) is 4.49. The predicted molar refractivity (Wildman–Crippen MR) is 72.2 cm³/mol. The fraction of sp³-hybridized carbons (Fsp3) is 0.357. The summed E-state index contributed by atoms with van der Waals surface area (Å²) in [6.45, 7) is 2.10. The molecule has 0 amide bonds. The van der Waals surface area contributed by atoms with E-state index < -0.39 is 5.60 Å². The SMILES string of the molecule is CC1SCCC1(O)c1cncc2ccccc12. The van der Waals surface area contributed by atoms with Gasteiger partial charge >= 0.3 is 0 Å². The molecule has 1 aromatic carbocycles. The number of hydrogen-bond acceptors (Lipinski definition) is 3. The Morgan fingerprint density at radius 3 is 2.94 bits per heavy atom. The number of fused-ring (bicyclic) bond motifs is 1. The fourth-order valence-corrected chi connectivity index (χ4v) is 3.85. The molecule has 0 bridgehead atoms. The molecule has 0 radical (unpaired) electrons. The first-order chi connectivity index (χ1) is 8.22. The largest absolute Gasteiger partial charge is 0.384 e. The van der Waals surface area contributed by atoms with Crippen LogP contribution >= 0.6 is 11.8 Å². The molecule has 88 valence electrons. The molecular weight excluding hydrogens is 230 g/mol. The zero-order valence-electron chi connectivity index (χ0n) is 9.76. The number of rotatable bonds is 1. The van der Waals surface area contributed by atoms with E-state index in [-0.39, 0.29) is 5.25 Å². The van der Waals surface area contributed by atoms with Gasteiger partial charge in [0, 0.05) is 28.6 Å². The Balaban J connectivity index is 2.24. The van der Waals surface area contributed by atoms with Crippen molar-refractivity contribution < 1.29 is 5.11 Å². The Morgan fingerprint density at radius 1 is 1.35 bits per heavy atom. The zero-order chi connectivity index (χ0) is 11.9. The van der Waals surface area contributed by atoms with Gasteiger partial charge < -0.3 is 5.11 Å². The number of thioether (sulfide) groups is 1. The first-order valence-electron chi connectivity index (χ1n) is 5.89. The third-order valence-electron chi connectivity index (χ3n) is 3.66. The van der Waals surface area contributed by atoms with E-state index in [1.54, 1.807) is 0 Å². The number of pyridine rings is 1. The lowest BCUT2D eigenvalue weighted by Gasteiger charge is -2.28. The highest BCUT2D eigenvalue weighted by molar-refractivity contribution is 8.00. The molecule has 3 heteroatoms. The normalized spacial score (nSPS) is 28.7. The van der Waals surface area contributed by atoms with Crippen molar-refractivity contribution in [2.45, 2.75) is 24.2 Å². The Hall–Kier alpha value is -1.06. The third kappa shape index (κ3) is 1.65. The minimum Gasteiger partial charge on any atom is -0.384 e. The van der Waals surface area contributed by atoms with Gasteiger partial charge in [0.25, 0.3) is 0 Å². The van der Waals surface area contributed by atoms with Crippen LogP contribution < -0.4 is 0 Å². The van der Waals surface area contributed by atoms with Gasteiger partial charge in [-0.1, -0.05) is 31.2 Å². The number of hydrogen-bond donors (Lipinski definition) is 1. The zero-order valence-corrected chi connectivity index (χ0v) is 10.6. The van der Waals surface area contributed by atoms with Crippen molar-refractivity contribution in [3.8, 4) is 0 Å². The minimum atomic E-state index is -0.724. The van der Waals surface area contributed by atoms with Crippen LogP contribution in [0.5, 0.6) is 0 Å². The Labute approximate surface area is 105 Å². The summed E-state index contributed by atoms with van der Waals surface area (Å²) >= 11 is 1.83. The van der Waals surface area contributed by atoms with Crippen molar-refractivity contribution in [1.82, 2.24) is 4.98 Å². The van der Waals surface area contributed by atoms with Crippen molar-refractivity contribution in [2.24, 2.45) is 0 Å². The van der Waals surface area contributed by atoms with Gasteiger partial charge in [-0.2, -0.15) is 11.8 Å². The first-order valence-corrected chi connectivity index (χ1v) is 6.94. The maximum Gasteiger partial charge on any atom is 0.104 e. The highest BCUT2D eigenvalue weighted by Gasteiger charge is 2.41. The monoisotopic (exact) mass is 245 g/mol. The van der Waals surface area contributed by atoms with Crippen LogP contribution in [0, 0.1) is 0 Å². The molecule has 0 saturated carbocycles. The van der Waals surface area contributed by atoms with Gasteiger partial charge in [-0.3, -0.25) is 4.98 Å². The average Bonchev–Trinajstić information content (AvgIpc) is 2.70. The lowest BCUT2D eigenvalue weighted by atomic mass is 9.86. The van der Waals surface area contributed by atoms with Gasteiger partial charge in [0.1, 0.15) is 5.60 Å². The van der Waals surface area contributed by atoms with E-state index in [1.165, 1.54) is 0 Å². The summed E-state index contributed by atoms with van der Waals surface area (Å²) in [6, 6.07) is 8.13. The van der Waals surface area contributed by atoms with Crippen LogP contribution in [0.25, 0.3) is 10.8 Å². The molecule has 1 aliphatic rings. The van der Waals surface area contributed by atoms with E-state index in [0.717, 1.165) is 28.5 Å². The first kappa shape index (κ1) is 11.1. The van der Waals surface area contributed by atoms with Gasteiger partial charge in [0.2, 0.25) is 0 Å². The predicted octanol–water partition coefficient (Wildman–Crippen LogP) is 2.95. The number of aromatic nitrogens is 1. The summed E-state index contributed by atoms with van der Waals surface area (Å²) in [4.78, 5) is 4.27. The smallest absolute Gasteiger partial charge is 0.104 e. The Morgan fingerprint density at radius 2 is 2.18 bits per heavy atom. The van der Waals surface area contributed by atoms with Gasteiger partial charge in [-0.15, -0.1) is 0 Å². The number of nitrogens with zero attached hydrogens (tertiary/aromatic N) is 1. The van der Waals surface area contributed by atoms with E-state index in [1.807, 2.05) is 42.4 Å². The quantitative estimate of drug-likeness (QED) is 0.838. The summed E-state index contributed by atoms with van der Waals surface area (Å²) < 4.78 is 0. The van der Waals surface area contributed by atoms with Crippen molar-refractivity contribution in [2.75, 3.05) is 5.75 Å². The van der Waals surface area contributed by atoms with E-state index in [2.05, 4.69) is 18.0 Å². The molecule has 2 aromatic rings. The maximum atomic E-state index is 10.9. The molecule has 17 heavy (non-hydrogen) atoms. The molecule has 1 aliphatic heterocycles. The third-order valence-corrected chi connectivity index (χ3v) is 4.99. The molecule has 2 heterocycles. The van der Waals surface area contributed by atoms with E-state index >= 15 is 0 Å². The van der Waals surface area contributed by atoms with Gasteiger partial charge in [0.05, 0.1) is 0 Å². The topological polar surface area (TPSA) is 33.1 Å². The standard InChI is InChI=1S/C14H15NOS/c1-10-14(16,6-7-17-10)13-9-15-8-11-4-2-3-5-12(11)13/h2-5,8-10,16H,6-7H2,1H3.